The fraction of sp³-hybridized carbons (Fsp3) is 0.310. The first kappa shape index (κ1) is 24.8. The molecule has 1 N–H and O–H groups in total. The molecule has 1 atom stereocenters. The lowest BCUT2D eigenvalue weighted by atomic mass is 9.95. The quantitative estimate of drug-likeness (QED) is 0.396. The lowest BCUT2D eigenvalue weighted by Gasteiger charge is -2.33. The second-order valence-corrected chi connectivity index (χ2v) is 9.14. The maximum absolute atomic E-state index is 13.2. The number of carbonyl (C=O) groups is 2. The topological polar surface area (TPSA) is 58.6 Å². The number of para-hydroxylation sites is 1. The van der Waals surface area contributed by atoms with E-state index in [1.54, 1.807) is 31.2 Å². The molecule has 182 valence electrons. The van der Waals surface area contributed by atoms with Gasteiger partial charge < -0.3 is 15.0 Å². The van der Waals surface area contributed by atoms with Crippen molar-refractivity contribution in [3.05, 3.63) is 100 Å². The maximum atomic E-state index is 13.2. The second-order valence-electron chi connectivity index (χ2n) is 8.73. The number of hydrogen-bond acceptors (Lipinski definition) is 4. The summed E-state index contributed by atoms with van der Waals surface area (Å²) in [6, 6.07) is 22.6. The van der Waals surface area contributed by atoms with Crippen LogP contribution in [-0.2, 0) is 16.0 Å². The van der Waals surface area contributed by atoms with Crippen LogP contribution in [0.2, 0.25) is 5.02 Å². The number of piperidine rings is 1. The number of ether oxygens (including phenoxy) is 1. The molecule has 0 spiro atoms. The minimum absolute atomic E-state index is 0.104. The summed E-state index contributed by atoms with van der Waals surface area (Å²) >= 11 is 6.73. The Kier molecular flexibility index (Phi) is 8.43. The number of halogens is 1. The van der Waals surface area contributed by atoms with E-state index < -0.39 is 0 Å². The number of hydrogen-bond donors (Lipinski definition) is 1. The van der Waals surface area contributed by atoms with Gasteiger partial charge in [-0.25, -0.2) is 4.79 Å². The number of anilines is 1. The lowest BCUT2D eigenvalue weighted by molar-refractivity contribution is -0.120. The molecule has 1 heterocycles. The van der Waals surface area contributed by atoms with Gasteiger partial charge in [-0.15, -0.1) is 0 Å². The van der Waals surface area contributed by atoms with Crippen LogP contribution >= 0.6 is 11.6 Å². The van der Waals surface area contributed by atoms with Crippen LogP contribution < -0.4 is 10.2 Å². The molecule has 0 bridgehead atoms. The summed E-state index contributed by atoms with van der Waals surface area (Å²) in [4.78, 5) is 27.5. The van der Waals surface area contributed by atoms with Gasteiger partial charge >= 0.3 is 5.97 Å². The molecule has 6 heteroatoms. The molecular formula is C29H31ClN2O3. The SMILES string of the molecule is CCOC(=O)c1ccc(CC(=O)NC(c2ccccc2)c2cccc(Cl)c2N2CCCCC2)cc1. The van der Waals surface area contributed by atoms with Crippen molar-refractivity contribution in [2.45, 2.75) is 38.6 Å². The van der Waals surface area contributed by atoms with Crippen LogP contribution in [0.3, 0.4) is 0 Å². The van der Waals surface area contributed by atoms with Crippen molar-refractivity contribution in [2.24, 2.45) is 0 Å². The Labute approximate surface area is 212 Å². The third kappa shape index (κ3) is 6.23. The van der Waals surface area contributed by atoms with E-state index in [9.17, 15) is 9.59 Å². The summed E-state index contributed by atoms with van der Waals surface area (Å²) < 4.78 is 5.04. The van der Waals surface area contributed by atoms with Crippen LogP contribution in [0.4, 0.5) is 5.69 Å². The Balaban J connectivity index is 1.59. The second kappa shape index (κ2) is 11.9. The van der Waals surface area contributed by atoms with Gasteiger partial charge in [0.15, 0.2) is 0 Å². The van der Waals surface area contributed by atoms with Gasteiger partial charge in [0.05, 0.1) is 35.3 Å². The Morgan fingerprint density at radius 1 is 0.943 bits per heavy atom. The smallest absolute Gasteiger partial charge is 0.338 e. The van der Waals surface area contributed by atoms with Crippen molar-refractivity contribution in [3.8, 4) is 0 Å². The van der Waals surface area contributed by atoms with E-state index in [0.29, 0.717) is 17.2 Å². The number of nitrogens with one attached hydrogen (secondary N) is 1. The van der Waals surface area contributed by atoms with Gasteiger partial charge in [0, 0.05) is 18.7 Å². The van der Waals surface area contributed by atoms with Crippen molar-refractivity contribution in [3.63, 3.8) is 0 Å². The molecule has 1 saturated heterocycles. The summed E-state index contributed by atoms with van der Waals surface area (Å²) in [7, 11) is 0. The first-order valence-electron chi connectivity index (χ1n) is 12.2. The van der Waals surface area contributed by atoms with Gasteiger partial charge in [0.1, 0.15) is 0 Å². The standard InChI is InChI=1S/C29H31ClN2O3/c1-2-35-29(34)23-16-14-21(15-17-23)20-26(33)31-27(22-10-5-3-6-11-22)24-12-9-13-25(30)28(24)32-18-7-4-8-19-32/h3,5-6,9-17,27H,2,4,7-8,18-20H2,1H3,(H,31,33). The van der Waals surface area contributed by atoms with Crippen LogP contribution in [0, 0.1) is 0 Å². The molecule has 1 aliphatic rings. The number of rotatable bonds is 8. The minimum atomic E-state index is -0.362. The highest BCUT2D eigenvalue weighted by Crippen LogP contribution is 2.37. The van der Waals surface area contributed by atoms with Gasteiger partial charge in [-0.05, 0) is 55.5 Å². The fourth-order valence-electron chi connectivity index (χ4n) is 4.57. The number of amides is 1. The molecule has 3 aromatic carbocycles. The molecule has 0 aliphatic carbocycles. The average Bonchev–Trinajstić information content (AvgIpc) is 2.89. The summed E-state index contributed by atoms with van der Waals surface area (Å²) in [5.74, 6) is -0.467. The molecule has 1 aliphatic heterocycles. The monoisotopic (exact) mass is 490 g/mol. The molecule has 1 fully saturated rings. The number of esters is 1. The number of carbonyl (C=O) groups excluding carboxylic acids is 2. The average molecular weight is 491 g/mol. The molecule has 0 saturated carbocycles. The molecule has 35 heavy (non-hydrogen) atoms. The third-order valence-electron chi connectivity index (χ3n) is 6.27. The Bertz CT molecular complexity index is 1140. The number of benzene rings is 3. The van der Waals surface area contributed by atoms with Crippen molar-refractivity contribution in [1.82, 2.24) is 5.32 Å². The Morgan fingerprint density at radius 3 is 2.34 bits per heavy atom. The normalized spacial score (nSPS) is 14.3. The van der Waals surface area contributed by atoms with Crippen LogP contribution in [-0.4, -0.2) is 31.6 Å². The molecule has 5 nitrogen and oxygen atoms in total. The van der Waals surface area contributed by atoms with Crippen molar-refractivity contribution in [1.29, 1.82) is 0 Å². The zero-order valence-corrected chi connectivity index (χ0v) is 20.8. The minimum Gasteiger partial charge on any atom is -0.462 e. The number of nitrogens with zero attached hydrogens (tertiary/aromatic N) is 1. The first-order chi connectivity index (χ1) is 17.1. The van der Waals surface area contributed by atoms with E-state index in [1.807, 2.05) is 42.5 Å². The van der Waals surface area contributed by atoms with Gasteiger partial charge in [-0.1, -0.05) is 66.2 Å². The predicted molar refractivity (Wildman–Crippen MR) is 140 cm³/mol. The molecular weight excluding hydrogens is 460 g/mol. The molecule has 0 aromatic heterocycles. The summed E-state index contributed by atoms with van der Waals surface area (Å²) in [6.45, 7) is 4.02. The van der Waals surface area contributed by atoms with Gasteiger partial charge in [0.2, 0.25) is 5.91 Å². The first-order valence-corrected chi connectivity index (χ1v) is 12.6. The van der Waals surface area contributed by atoms with E-state index in [-0.39, 0.29) is 24.3 Å². The van der Waals surface area contributed by atoms with Crippen LogP contribution in [0.1, 0.15) is 59.3 Å². The van der Waals surface area contributed by atoms with Crippen LogP contribution in [0.5, 0.6) is 0 Å². The predicted octanol–water partition coefficient (Wildman–Crippen LogP) is 5.96. The Hall–Kier alpha value is -3.31. The lowest BCUT2D eigenvalue weighted by Crippen LogP contribution is -2.34. The highest BCUT2D eigenvalue weighted by molar-refractivity contribution is 6.33. The zero-order chi connectivity index (χ0) is 24.6. The summed E-state index contributed by atoms with van der Waals surface area (Å²) in [5, 5.41) is 3.95. The van der Waals surface area contributed by atoms with Crippen molar-refractivity contribution >= 4 is 29.2 Å². The van der Waals surface area contributed by atoms with E-state index >= 15 is 0 Å². The summed E-state index contributed by atoms with van der Waals surface area (Å²) in [5.41, 5.74) is 4.30. The summed E-state index contributed by atoms with van der Waals surface area (Å²) in [6.07, 6.45) is 3.69. The maximum Gasteiger partial charge on any atom is 0.338 e. The van der Waals surface area contributed by atoms with Gasteiger partial charge in [-0.3, -0.25) is 4.79 Å². The zero-order valence-electron chi connectivity index (χ0n) is 20.0. The molecule has 0 radical (unpaired) electrons. The Morgan fingerprint density at radius 2 is 1.66 bits per heavy atom. The van der Waals surface area contributed by atoms with Crippen molar-refractivity contribution in [2.75, 3.05) is 24.6 Å². The van der Waals surface area contributed by atoms with Gasteiger partial charge in [-0.2, -0.15) is 0 Å². The molecule has 1 unspecified atom stereocenters. The third-order valence-corrected chi connectivity index (χ3v) is 6.57. The van der Waals surface area contributed by atoms with Gasteiger partial charge in [0.25, 0.3) is 0 Å². The highest BCUT2D eigenvalue weighted by atomic mass is 35.5. The van der Waals surface area contributed by atoms with Crippen molar-refractivity contribution < 1.29 is 14.3 Å². The fourth-order valence-corrected chi connectivity index (χ4v) is 4.87. The molecule has 1 amide bonds. The van der Waals surface area contributed by atoms with E-state index in [4.69, 9.17) is 16.3 Å². The highest BCUT2D eigenvalue weighted by Gasteiger charge is 2.25. The molecule has 3 aromatic rings. The molecule has 4 rings (SSSR count). The van der Waals surface area contributed by atoms with E-state index in [1.165, 1.54) is 6.42 Å². The van der Waals surface area contributed by atoms with E-state index in [2.05, 4.69) is 16.3 Å². The van der Waals surface area contributed by atoms with Crippen LogP contribution in [0.15, 0.2) is 72.8 Å². The largest absolute Gasteiger partial charge is 0.462 e. The van der Waals surface area contributed by atoms with E-state index in [0.717, 1.165) is 48.3 Å². The van der Waals surface area contributed by atoms with Crippen LogP contribution in [0.25, 0.3) is 0 Å².